The largest absolute Gasteiger partial charge is 0.360 e. The molecule has 2 rings (SSSR count). The van der Waals surface area contributed by atoms with E-state index in [2.05, 4.69) is 17.4 Å². The zero-order valence-corrected chi connectivity index (χ0v) is 10.4. The first-order chi connectivity index (χ1) is 8.19. The topological polar surface area (TPSA) is 58.4 Å². The van der Waals surface area contributed by atoms with Gasteiger partial charge in [-0.3, -0.25) is 5.32 Å². The van der Waals surface area contributed by atoms with Crippen LogP contribution in [0.15, 0.2) is 10.6 Å². The maximum absolute atomic E-state index is 12.0. The molecule has 5 nitrogen and oxygen atoms in total. The number of urea groups is 1. The van der Waals surface area contributed by atoms with Gasteiger partial charge in [0.1, 0.15) is 5.76 Å². The molecule has 0 saturated heterocycles. The Morgan fingerprint density at radius 1 is 1.65 bits per heavy atom. The Kier molecular flexibility index (Phi) is 3.66. The molecule has 1 aromatic rings. The molecule has 1 aromatic heterocycles. The fourth-order valence-corrected chi connectivity index (χ4v) is 1.77. The maximum Gasteiger partial charge on any atom is 0.323 e. The number of carbonyl (C=O) groups is 1. The summed E-state index contributed by atoms with van der Waals surface area (Å²) >= 11 is 0. The number of carbonyl (C=O) groups excluding carboxylic acids is 1. The summed E-state index contributed by atoms with van der Waals surface area (Å²) in [5, 5.41) is 6.52. The third-order valence-electron chi connectivity index (χ3n) is 2.82. The second-order valence-corrected chi connectivity index (χ2v) is 4.64. The predicted octanol–water partition coefficient (Wildman–Crippen LogP) is 2.64. The molecule has 0 bridgehead atoms. The maximum atomic E-state index is 12.0. The molecule has 1 N–H and O–H groups in total. The normalized spacial score (nSPS) is 14.7. The van der Waals surface area contributed by atoms with Gasteiger partial charge in [0.25, 0.3) is 0 Å². The van der Waals surface area contributed by atoms with Crippen molar-refractivity contribution in [2.45, 2.75) is 33.1 Å². The summed E-state index contributed by atoms with van der Waals surface area (Å²) in [6, 6.07) is 1.64. The first-order valence-electron chi connectivity index (χ1n) is 6.18. The van der Waals surface area contributed by atoms with Gasteiger partial charge in [-0.2, -0.15) is 0 Å². The van der Waals surface area contributed by atoms with Crippen molar-refractivity contribution >= 4 is 11.8 Å². The van der Waals surface area contributed by atoms with Gasteiger partial charge >= 0.3 is 6.03 Å². The van der Waals surface area contributed by atoms with E-state index < -0.39 is 0 Å². The third kappa shape index (κ3) is 3.47. The first-order valence-corrected chi connectivity index (χ1v) is 6.18. The molecule has 0 atom stereocenters. The molecule has 17 heavy (non-hydrogen) atoms. The van der Waals surface area contributed by atoms with E-state index in [1.807, 2.05) is 4.90 Å². The molecule has 0 unspecified atom stereocenters. The van der Waals surface area contributed by atoms with Crippen molar-refractivity contribution in [3.63, 3.8) is 0 Å². The van der Waals surface area contributed by atoms with Crippen LogP contribution in [0.25, 0.3) is 0 Å². The van der Waals surface area contributed by atoms with Crippen LogP contribution in [0.5, 0.6) is 0 Å². The molecule has 94 valence electrons. The molecule has 1 aliphatic rings. The average molecular weight is 237 g/mol. The number of nitrogens with one attached hydrogen (secondary N) is 1. The van der Waals surface area contributed by atoms with Crippen molar-refractivity contribution in [3.8, 4) is 0 Å². The number of aromatic nitrogens is 1. The van der Waals surface area contributed by atoms with Crippen molar-refractivity contribution in [2.75, 3.05) is 18.4 Å². The van der Waals surface area contributed by atoms with E-state index in [4.69, 9.17) is 4.52 Å². The highest BCUT2D eigenvalue weighted by atomic mass is 16.5. The summed E-state index contributed by atoms with van der Waals surface area (Å²) in [6.07, 6.45) is 3.46. The van der Waals surface area contributed by atoms with E-state index in [9.17, 15) is 4.79 Å². The van der Waals surface area contributed by atoms with E-state index in [1.165, 1.54) is 12.8 Å². The van der Waals surface area contributed by atoms with Gasteiger partial charge in [0.05, 0.1) is 0 Å². The standard InChI is InChI=1S/C12H19N3O2/c1-3-6-15(8-10-4-5-10)12(16)13-11-7-9(2)17-14-11/h7,10H,3-6,8H2,1-2H3,(H,13,14,16). The number of amides is 2. The molecule has 1 heterocycles. The van der Waals surface area contributed by atoms with Gasteiger partial charge in [0, 0.05) is 19.2 Å². The summed E-state index contributed by atoms with van der Waals surface area (Å²) in [5.74, 6) is 1.89. The lowest BCUT2D eigenvalue weighted by Gasteiger charge is -2.21. The van der Waals surface area contributed by atoms with Gasteiger partial charge < -0.3 is 9.42 Å². The predicted molar refractivity (Wildman–Crippen MR) is 64.8 cm³/mol. The lowest BCUT2D eigenvalue weighted by molar-refractivity contribution is 0.209. The van der Waals surface area contributed by atoms with Crippen molar-refractivity contribution in [3.05, 3.63) is 11.8 Å². The number of nitrogens with zero attached hydrogens (tertiary/aromatic N) is 2. The Morgan fingerprint density at radius 2 is 2.41 bits per heavy atom. The van der Waals surface area contributed by atoms with Crippen molar-refractivity contribution in [1.29, 1.82) is 0 Å². The fourth-order valence-electron chi connectivity index (χ4n) is 1.77. The van der Waals surface area contributed by atoms with Crippen LogP contribution in [0.4, 0.5) is 10.6 Å². The Bertz CT molecular complexity index is 385. The molecule has 0 aromatic carbocycles. The third-order valence-corrected chi connectivity index (χ3v) is 2.82. The summed E-state index contributed by atoms with van der Waals surface area (Å²) < 4.78 is 4.92. The molecule has 1 aliphatic carbocycles. The molecule has 0 spiro atoms. The zero-order valence-electron chi connectivity index (χ0n) is 10.4. The van der Waals surface area contributed by atoms with Crippen molar-refractivity contribution in [1.82, 2.24) is 10.1 Å². The monoisotopic (exact) mass is 237 g/mol. The zero-order chi connectivity index (χ0) is 12.3. The highest BCUT2D eigenvalue weighted by Gasteiger charge is 2.26. The molecule has 5 heteroatoms. The average Bonchev–Trinajstić information content (AvgIpc) is 3.01. The minimum Gasteiger partial charge on any atom is -0.360 e. The smallest absolute Gasteiger partial charge is 0.323 e. The second-order valence-electron chi connectivity index (χ2n) is 4.64. The number of aryl methyl sites for hydroxylation is 1. The van der Waals surface area contributed by atoms with E-state index in [0.717, 1.165) is 19.5 Å². The van der Waals surface area contributed by atoms with E-state index in [0.29, 0.717) is 17.5 Å². The summed E-state index contributed by atoms with van der Waals surface area (Å²) in [5.41, 5.74) is 0. The van der Waals surface area contributed by atoms with Crippen molar-refractivity contribution in [2.24, 2.45) is 5.92 Å². The van der Waals surface area contributed by atoms with Crippen LogP contribution in [0, 0.1) is 12.8 Å². The van der Waals surface area contributed by atoms with E-state index in [-0.39, 0.29) is 6.03 Å². The Balaban J connectivity index is 1.90. The number of anilines is 1. The first kappa shape index (κ1) is 12.0. The molecular weight excluding hydrogens is 218 g/mol. The molecule has 1 saturated carbocycles. The summed E-state index contributed by atoms with van der Waals surface area (Å²) in [6.45, 7) is 5.53. The van der Waals surface area contributed by atoms with Crippen molar-refractivity contribution < 1.29 is 9.32 Å². The van der Waals surface area contributed by atoms with Crippen LogP contribution >= 0.6 is 0 Å². The van der Waals surface area contributed by atoms with E-state index in [1.54, 1.807) is 13.0 Å². The Labute approximate surface area is 101 Å². The second kappa shape index (κ2) is 5.21. The summed E-state index contributed by atoms with van der Waals surface area (Å²) in [7, 11) is 0. The van der Waals surface area contributed by atoms with E-state index >= 15 is 0 Å². The minimum atomic E-state index is -0.0768. The molecular formula is C12H19N3O2. The molecule has 0 radical (unpaired) electrons. The SMILES string of the molecule is CCCN(CC1CC1)C(=O)Nc1cc(C)on1. The number of hydrogen-bond donors (Lipinski definition) is 1. The quantitative estimate of drug-likeness (QED) is 0.856. The highest BCUT2D eigenvalue weighted by Crippen LogP contribution is 2.29. The van der Waals surface area contributed by atoms with Gasteiger partial charge in [-0.05, 0) is 32.1 Å². The van der Waals surface area contributed by atoms with Crippen LogP contribution < -0.4 is 5.32 Å². The minimum absolute atomic E-state index is 0.0768. The number of rotatable bonds is 5. The van der Waals surface area contributed by atoms with Gasteiger partial charge in [-0.1, -0.05) is 12.1 Å². The van der Waals surface area contributed by atoms with Gasteiger partial charge in [-0.25, -0.2) is 4.79 Å². The number of hydrogen-bond acceptors (Lipinski definition) is 3. The van der Waals surface area contributed by atoms with Gasteiger partial charge in [-0.15, -0.1) is 0 Å². The fraction of sp³-hybridized carbons (Fsp3) is 0.667. The van der Waals surface area contributed by atoms with Crippen LogP contribution in [0.2, 0.25) is 0 Å². The van der Waals surface area contributed by atoms with Crippen LogP contribution in [-0.2, 0) is 0 Å². The van der Waals surface area contributed by atoms with Crippen LogP contribution in [0.1, 0.15) is 31.9 Å². The van der Waals surface area contributed by atoms with Gasteiger partial charge in [0.2, 0.25) is 0 Å². The lowest BCUT2D eigenvalue weighted by Crippen LogP contribution is -2.37. The highest BCUT2D eigenvalue weighted by molar-refractivity contribution is 5.88. The Morgan fingerprint density at radius 3 is 2.94 bits per heavy atom. The molecule has 2 amide bonds. The molecule has 1 fully saturated rings. The molecule has 0 aliphatic heterocycles. The summed E-state index contributed by atoms with van der Waals surface area (Å²) in [4.78, 5) is 13.9. The van der Waals surface area contributed by atoms with Gasteiger partial charge in [0.15, 0.2) is 5.82 Å². The lowest BCUT2D eigenvalue weighted by atomic mass is 10.3. The van der Waals surface area contributed by atoms with Crippen LogP contribution in [0.3, 0.4) is 0 Å². The van der Waals surface area contributed by atoms with Crippen LogP contribution in [-0.4, -0.2) is 29.2 Å². The Hall–Kier alpha value is -1.52.